The van der Waals surface area contributed by atoms with E-state index in [-0.39, 0.29) is 11.9 Å². The highest BCUT2D eigenvalue weighted by Gasteiger charge is 2.33. The van der Waals surface area contributed by atoms with E-state index in [4.69, 9.17) is 32.9 Å². The minimum atomic E-state index is -0.434. The van der Waals surface area contributed by atoms with Gasteiger partial charge in [-0.05, 0) is 51.2 Å². The number of nitrogens with one attached hydrogen (secondary N) is 1. The summed E-state index contributed by atoms with van der Waals surface area (Å²) in [6.07, 6.45) is 10.7. The van der Waals surface area contributed by atoms with E-state index in [1.54, 1.807) is 24.3 Å². The van der Waals surface area contributed by atoms with Crippen molar-refractivity contribution < 1.29 is 14.3 Å². The fourth-order valence-electron chi connectivity index (χ4n) is 6.52. The van der Waals surface area contributed by atoms with Crippen molar-refractivity contribution in [2.75, 3.05) is 54.4 Å². The van der Waals surface area contributed by atoms with Crippen LogP contribution in [0.4, 0.5) is 16.0 Å². The van der Waals surface area contributed by atoms with Crippen LogP contribution in [0.25, 0.3) is 10.6 Å². The number of pyridine rings is 1. The largest absolute Gasteiger partial charge is 0.464 e. The maximum Gasteiger partial charge on any atom is 0.328 e. The van der Waals surface area contributed by atoms with Crippen molar-refractivity contribution in [3.05, 3.63) is 39.3 Å². The number of thiophene rings is 1. The number of aromatic nitrogens is 2. The molecule has 0 spiro atoms. The fraction of sp³-hybridized carbons (Fsp3) is 0.548. The van der Waals surface area contributed by atoms with E-state index in [9.17, 15) is 9.59 Å². The molecule has 236 valence electrons. The number of thiazole rings is 1. The van der Waals surface area contributed by atoms with Crippen LogP contribution in [-0.4, -0.2) is 78.2 Å². The third-order valence-electron chi connectivity index (χ3n) is 8.74. The number of carbonyl (C=O) groups excluding carboxylic acids is 2. The van der Waals surface area contributed by atoms with Gasteiger partial charge >= 0.3 is 5.97 Å². The Balaban J connectivity index is 1.18. The van der Waals surface area contributed by atoms with Gasteiger partial charge in [0.05, 0.1) is 27.1 Å². The molecule has 1 N–H and O–H groups in total. The van der Waals surface area contributed by atoms with Crippen LogP contribution in [-0.2, 0) is 9.53 Å². The lowest BCUT2D eigenvalue weighted by Crippen LogP contribution is -2.50. The predicted molar refractivity (Wildman–Crippen MR) is 180 cm³/mol. The molecule has 1 aliphatic carbocycles. The van der Waals surface area contributed by atoms with Crippen LogP contribution < -0.4 is 15.1 Å². The molecule has 0 bridgehead atoms. The number of nitrogens with zero attached hydrogens (tertiary/aromatic N) is 5. The topological polar surface area (TPSA) is 90.9 Å². The number of rotatable bonds is 8. The van der Waals surface area contributed by atoms with Gasteiger partial charge in [0.25, 0.3) is 5.91 Å². The first-order chi connectivity index (χ1) is 21.4. The standard InChI is InChI=1S/C31H38Cl2N6O3S2/c1-2-42-30(41)24-10-6-7-11-39(24)27-23(33)16-20(18-34-27)28(40)36-31-35-26(25-17-21(32)19-43-25)29(44-31)38-14-12-37(13-15-38)22-8-4-3-5-9-22/h16-19,22,24H,2-15H2,1H3,(H,35,36,40). The predicted octanol–water partition coefficient (Wildman–Crippen LogP) is 7.20. The molecule has 3 aliphatic rings. The van der Waals surface area contributed by atoms with Gasteiger partial charge in [0, 0.05) is 50.3 Å². The third kappa shape index (κ3) is 7.02. The quantitative estimate of drug-likeness (QED) is 0.251. The van der Waals surface area contributed by atoms with Crippen molar-refractivity contribution >= 4 is 73.7 Å². The van der Waals surface area contributed by atoms with Crippen LogP contribution in [0.3, 0.4) is 0 Å². The van der Waals surface area contributed by atoms with Crippen LogP contribution in [0, 0.1) is 0 Å². The van der Waals surface area contributed by atoms with Crippen LogP contribution in [0.1, 0.15) is 68.6 Å². The second-order valence-corrected chi connectivity index (χ2v) is 14.3. The van der Waals surface area contributed by atoms with Gasteiger partial charge in [-0.15, -0.1) is 11.3 Å². The third-order valence-corrected chi connectivity index (χ3v) is 11.3. The SMILES string of the molecule is CCOC(=O)C1CCCCN1c1ncc(C(=O)Nc2nc(-c3cc(Cl)cs3)c(N3CCN(C4CCCCC4)CC3)s2)cc1Cl. The van der Waals surface area contributed by atoms with E-state index in [0.29, 0.717) is 52.2 Å². The zero-order valence-corrected chi connectivity index (χ0v) is 28.0. The van der Waals surface area contributed by atoms with Gasteiger partial charge in [0.2, 0.25) is 0 Å². The molecule has 0 aromatic carbocycles. The number of amides is 1. The van der Waals surface area contributed by atoms with Gasteiger partial charge in [0.1, 0.15) is 22.6 Å². The second kappa shape index (κ2) is 14.3. The first kappa shape index (κ1) is 31.5. The first-order valence-corrected chi connectivity index (χ1v) is 18.0. The molecule has 44 heavy (non-hydrogen) atoms. The Morgan fingerprint density at radius 3 is 2.50 bits per heavy atom. The number of halogens is 2. The molecule has 2 aliphatic heterocycles. The summed E-state index contributed by atoms with van der Waals surface area (Å²) in [7, 11) is 0. The maximum absolute atomic E-state index is 13.4. The normalized spacial score (nSPS) is 20.1. The van der Waals surface area contributed by atoms with Crippen LogP contribution >= 0.6 is 45.9 Å². The van der Waals surface area contributed by atoms with Crippen molar-refractivity contribution in [1.82, 2.24) is 14.9 Å². The average Bonchev–Trinajstić information content (AvgIpc) is 3.67. The molecule has 1 amide bonds. The summed E-state index contributed by atoms with van der Waals surface area (Å²) >= 11 is 16.0. The van der Waals surface area contributed by atoms with Gasteiger partial charge in [-0.2, -0.15) is 0 Å². The molecule has 6 rings (SSSR count). The van der Waals surface area contributed by atoms with E-state index >= 15 is 0 Å². The minimum Gasteiger partial charge on any atom is -0.464 e. The number of piperidine rings is 1. The van der Waals surface area contributed by atoms with Crippen molar-refractivity contribution in [3.8, 4) is 10.6 Å². The summed E-state index contributed by atoms with van der Waals surface area (Å²) < 4.78 is 5.29. The molecule has 1 saturated carbocycles. The Morgan fingerprint density at radius 1 is 1.02 bits per heavy atom. The molecule has 5 heterocycles. The van der Waals surface area contributed by atoms with Gasteiger partial charge in [-0.25, -0.2) is 14.8 Å². The number of piperazine rings is 1. The first-order valence-electron chi connectivity index (χ1n) is 15.6. The molecule has 1 atom stereocenters. The van der Waals surface area contributed by atoms with Gasteiger partial charge in [0.15, 0.2) is 5.13 Å². The zero-order valence-electron chi connectivity index (χ0n) is 24.9. The number of ether oxygens (including phenoxy) is 1. The molecular weight excluding hydrogens is 639 g/mol. The lowest BCUT2D eigenvalue weighted by atomic mass is 9.94. The van der Waals surface area contributed by atoms with Crippen molar-refractivity contribution in [1.29, 1.82) is 0 Å². The molecule has 3 aromatic rings. The van der Waals surface area contributed by atoms with E-state index < -0.39 is 6.04 Å². The summed E-state index contributed by atoms with van der Waals surface area (Å²) in [5.41, 5.74) is 1.16. The van der Waals surface area contributed by atoms with Crippen LogP contribution in [0.5, 0.6) is 0 Å². The molecule has 2 saturated heterocycles. The minimum absolute atomic E-state index is 0.273. The summed E-state index contributed by atoms with van der Waals surface area (Å²) in [5, 5.41) is 7.44. The van der Waals surface area contributed by atoms with Gasteiger partial charge < -0.3 is 14.5 Å². The summed E-state index contributed by atoms with van der Waals surface area (Å²) in [6.45, 7) is 6.66. The number of anilines is 3. The number of esters is 1. The Bertz CT molecular complexity index is 1470. The molecule has 3 fully saturated rings. The molecule has 0 radical (unpaired) electrons. The highest BCUT2D eigenvalue weighted by molar-refractivity contribution is 7.21. The average molecular weight is 678 g/mol. The molecule has 9 nitrogen and oxygen atoms in total. The van der Waals surface area contributed by atoms with Gasteiger partial charge in [-0.1, -0.05) is 53.8 Å². The number of hydrogen-bond donors (Lipinski definition) is 1. The van der Waals surface area contributed by atoms with Crippen LogP contribution in [0.15, 0.2) is 23.7 Å². The van der Waals surface area contributed by atoms with Crippen molar-refractivity contribution in [2.24, 2.45) is 0 Å². The van der Waals surface area contributed by atoms with E-state index in [1.165, 1.54) is 49.6 Å². The lowest BCUT2D eigenvalue weighted by molar-refractivity contribution is -0.145. The van der Waals surface area contributed by atoms with Gasteiger partial charge in [-0.3, -0.25) is 15.0 Å². The Labute approximate surface area is 276 Å². The molecular formula is C31H38Cl2N6O3S2. The summed E-state index contributed by atoms with van der Waals surface area (Å²) in [4.78, 5) is 43.3. The van der Waals surface area contributed by atoms with Crippen LogP contribution in [0.2, 0.25) is 10.0 Å². The lowest BCUT2D eigenvalue weighted by Gasteiger charge is -2.41. The highest BCUT2D eigenvalue weighted by atomic mass is 35.5. The molecule has 1 unspecified atom stereocenters. The van der Waals surface area contributed by atoms with E-state index in [0.717, 1.165) is 54.6 Å². The number of carbonyl (C=O) groups is 2. The Hall–Kier alpha value is -2.44. The number of hydrogen-bond acceptors (Lipinski definition) is 10. The fourth-order valence-corrected chi connectivity index (χ4v) is 8.95. The highest BCUT2D eigenvalue weighted by Crippen LogP contribution is 2.42. The van der Waals surface area contributed by atoms with Crippen molar-refractivity contribution in [3.63, 3.8) is 0 Å². The monoisotopic (exact) mass is 676 g/mol. The maximum atomic E-state index is 13.4. The zero-order chi connectivity index (χ0) is 30.6. The smallest absolute Gasteiger partial charge is 0.328 e. The van der Waals surface area contributed by atoms with Crippen molar-refractivity contribution in [2.45, 2.75) is 70.4 Å². The summed E-state index contributed by atoms with van der Waals surface area (Å²) in [6, 6.07) is 3.81. The molecule has 3 aromatic heterocycles. The molecule has 13 heteroatoms. The van der Waals surface area contributed by atoms with E-state index in [1.807, 2.05) is 16.3 Å². The Morgan fingerprint density at radius 2 is 1.80 bits per heavy atom. The Kier molecular flexibility index (Phi) is 10.3. The summed E-state index contributed by atoms with van der Waals surface area (Å²) in [5.74, 6) is -0.129. The van der Waals surface area contributed by atoms with E-state index in [2.05, 4.69) is 20.1 Å². The second-order valence-electron chi connectivity index (χ2n) is 11.6.